The molecule has 0 spiro atoms. The topological polar surface area (TPSA) is 112 Å². The number of rotatable bonds is 7. The normalized spacial score (nSPS) is 11.8. The highest BCUT2D eigenvalue weighted by Crippen LogP contribution is 2.27. The standard InChI is InChI=1S/C22H18N2O6/c1-15(29-21(25)14-12-17-11-13-20(30-17)24(27)28)22(26)23-19-10-6-5-9-18(19)16-7-3-2-4-8-16/h2-15H,1H3,(H,23,26)/b14-12+/t15-/m0/s1. The van der Waals surface area contributed by atoms with Crippen molar-refractivity contribution in [3.05, 3.63) is 88.7 Å². The average Bonchev–Trinajstić information content (AvgIpc) is 3.23. The lowest BCUT2D eigenvalue weighted by Crippen LogP contribution is -2.29. The van der Waals surface area contributed by atoms with E-state index in [9.17, 15) is 19.7 Å². The zero-order chi connectivity index (χ0) is 21.5. The van der Waals surface area contributed by atoms with Gasteiger partial charge in [-0.3, -0.25) is 14.9 Å². The van der Waals surface area contributed by atoms with Crippen molar-refractivity contribution in [2.45, 2.75) is 13.0 Å². The predicted molar refractivity (Wildman–Crippen MR) is 110 cm³/mol. The van der Waals surface area contributed by atoms with E-state index in [-0.39, 0.29) is 5.76 Å². The summed E-state index contributed by atoms with van der Waals surface area (Å²) in [5, 5.41) is 13.4. The van der Waals surface area contributed by atoms with Crippen molar-refractivity contribution in [3.63, 3.8) is 0 Å². The van der Waals surface area contributed by atoms with Crippen LogP contribution in [0.2, 0.25) is 0 Å². The third-order valence-corrected chi connectivity index (χ3v) is 4.11. The molecule has 1 N–H and O–H groups in total. The van der Waals surface area contributed by atoms with E-state index in [1.165, 1.54) is 25.1 Å². The number of nitrogens with zero attached hydrogens (tertiary/aromatic N) is 1. The average molecular weight is 406 g/mol. The van der Waals surface area contributed by atoms with Gasteiger partial charge in [-0.05, 0) is 30.7 Å². The number of carbonyl (C=O) groups is 2. The number of benzene rings is 2. The van der Waals surface area contributed by atoms with Gasteiger partial charge in [0.15, 0.2) is 6.10 Å². The van der Waals surface area contributed by atoms with Crippen LogP contribution < -0.4 is 5.32 Å². The second-order valence-corrected chi connectivity index (χ2v) is 6.25. The highest BCUT2D eigenvalue weighted by Gasteiger charge is 2.18. The maximum atomic E-state index is 12.5. The number of furan rings is 1. The Morgan fingerprint density at radius 2 is 1.77 bits per heavy atom. The van der Waals surface area contributed by atoms with Crippen molar-refractivity contribution >= 4 is 29.5 Å². The summed E-state index contributed by atoms with van der Waals surface area (Å²) in [6.07, 6.45) is 1.20. The fourth-order valence-corrected chi connectivity index (χ4v) is 2.64. The largest absolute Gasteiger partial charge is 0.449 e. The number of anilines is 1. The van der Waals surface area contributed by atoms with Crippen molar-refractivity contribution in [2.75, 3.05) is 5.32 Å². The molecule has 1 aromatic heterocycles. The fourth-order valence-electron chi connectivity index (χ4n) is 2.64. The van der Waals surface area contributed by atoms with Crippen LogP contribution in [0.15, 0.2) is 77.2 Å². The molecule has 0 saturated carbocycles. The van der Waals surface area contributed by atoms with Crippen LogP contribution in [0, 0.1) is 10.1 Å². The Balaban J connectivity index is 1.62. The highest BCUT2D eigenvalue weighted by molar-refractivity contribution is 5.99. The molecule has 0 aliphatic carbocycles. The first-order chi connectivity index (χ1) is 14.4. The van der Waals surface area contributed by atoms with Crippen LogP contribution in [0.5, 0.6) is 0 Å². The lowest BCUT2D eigenvalue weighted by Gasteiger charge is -2.15. The molecule has 3 rings (SSSR count). The summed E-state index contributed by atoms with van der Waals surface area (Å²) >= 11 is 0. The number of hydrogen-bond acceptors (Lipinski definition) is 6. The fraction of sp³-hybridized carbons (Fsp3) is 0.0909. The minimum absolute atomic E-state index is 0.118. The van der Waals surface area contributed by atoms with E-state index >= 15 is 0 Å². The van der Waals surface area contributed by atoms with E-state index in [1.54, 1.807) is 12.1 Å². The van der Waals surface area contributed by atoms with E-state index in [0.29, 0.717) is 5.69 Å². The van der Waals surface area contributed by atoms with Crippen molar-refractivity contribution in [1.29, 1.82) is 0 Å². The second-order valence-electron chi connectivity index (χ2n) is 6.25. The first-order valence-corrected chi connectivity index (χ1v) is 9.02. The smallest absolute Gasteiger partial charge is 0.433 e. The maximum Gasteiger partial charge on any atom is 0.433 e. The predicted octanol–water partition coefficient (Wildman–Crippen LogP) is 4.44. The molecule has 0 unspecified atom stereocenters. The molecule has 0 bridgehead atoms. The number of hydrogen-bond donors (Lipinski definition) is 1. The van der Waals surface area contributed by atoms with Gasteiger partial charge in [-0.25, -0.2) is 4.79 Å². The maximum absolute atomic E-state index is 12.5. The van der Waals surface area contributed by atoms with E-state index in [1.807, 2.05) is 42.5 Å². The molecule has 1 amide bonds. The van der Waals surface area contributed by atoms with Gasteiger partial charge in [-0.1, -0.05) is 48.5 Å². The molecular formula is C22H18N2O6. The molecule has 0 radical (unpaired) electrons. The van der Waals surface area contributed by atoms with Gasteiger partial charge >= 0.3 is 11.9 Å². The molecule has 30 heavy (non-hydrogen) atoms. The molecule has 3 aromatic rings. The summed E-state index contributed by atoms with van der Waals surface area (Å²) in [6, 6.07) is 19.4. The van der Waals surface area contributed by atoms with Crippen molar-refractivity contribution in [1.82, 2.24) is 0 Å². The summed E-state index contributed by atoms with van der Waals surface area (Å²) < 4.78 is 10.0. The lowest BCUT2D eigenvalue weighted by molar-refractivity contribution is -0.402. The molecule has 152 valence electrons. The van der Waals surface area contributed by atoms with Gasteiger partial charge < -0.3 is 14.5 Å². The van der Waals surface area contributed by atoms with Gasteiger partial charge in [0, 0.05) is 17.3 Å². The van der Waals surface area contributed by atoms with Gasteiger partial charge in [-0.15, -0.1) is 0 Å². The van der Waals surface area contributed by atoms with Crippen molar-refractivity contribution in [3.8, 4) is 11.1 Å². The van der Waals surface area contributed by atoms with Gasteiger partial charge in [0.25, 0.3) is 5.91 Å². The zero-order valence-corrected chi connectivity index (χ0v) is 16.0. The Labute approximate surface area is 171 Å². The Bertz CT molecular complexity index is 1090. The Hall–Kier alpha value is -4.20. The first-order valence-electron chi connectivity index (χ1n) is 9.02. The molecule has 0 fully saturated rings. The van der Waals surface area contributed by atoms with Crippen LogP contribution in [0.3, 0.4) is 0 Å². The van der Waals surface area contributed by atoms with Crippen LogP contribution in [0.1, 0.15) is 12.7 Å². The number of ether oxygens (including phenoxy) is 1. The monoisotopic (exact) mass is 406 g/mol. The Morgan fingerprint density at radius 3 is 2.47 bits per heavy atom. The number of amides is 1. The summed E-state index contributed by atoms with van der Waals surface area (Å²) in [5.74, 6) is -1.60. The molecule has 0 saturated heterocycles. The lowest BCUT2D eigenvalue weighted by atomic mass is 10.0. The third-order valence-electron chi connectivity index (χ3n) is 4.11. The first kappa shape index (κ1) is 20.5. The molecule has 8 nitrogen and oxygen atoms in total. The van der Waals surface area contributed by atoms with E-state index < -0.39 is 28.8 Å². The summed E-state index contributed by atoms with van der Waals surface area (Å²) in [6.45, 7) is 1.45. The van der Waals surface area contributed by atoms with Gasteiger partial charge in [0.2, 0.25) is 0 Å². The number of para-hydroxylation sites is 1. The van der Waals surface area contributed by atoms with E-state index in [2.05, 4.69) is 5.32 Å². The third kappa shape index (κ3) is 5.20. The Kier molecular flexibility index (Phi) is 6.39. The molecule has 1 heterocycles. The Morgan fingerprint density at radius 1 is 1.07 bits per heavy atom. The van der Waals surface area contributed by atoms with E-state index in [0.717, 1.165) is 17.2 Å². The molecular weight excluding hydrogens is 388 g/mol. The second kappa shape index (κ2) is 9.33. The van der Waals surface area contributed by atoms with Crippen LogP contribution in [0.25, 0.3) is 17.2 Å². The summed E-state index contributed by atoms with van der Waals surface area (Å²) in [7, 11) is 0. The van der Waals surface area contributed by atoms with Gasteiger partial charge in [0.1, 0.15) is 10.7 Å². The van der Waals surface area contributed by atoms with Gasteiger partial charge in [0.05, 0.1) is 6.07 Å². The zero-order valence-electron chi connectivity index (χ0n) is 16.0. The molecule has 0 aliphatic rings. The van der Waals surface area contributed by atoms with Crippen LogP contribution >= 0.6 is 0 Å². The van der Waals surface area contributed by atoms with Crippen LogP contribution in [-0.4, -0.2) is 22.9 Å². The SMILES string of the molecule is C[C@H](OC(=O)/C=C/c1ccc([N+](=O)[O-])o1)C(=O)Nc1ccccc1-c1ccccc1. The summed E-state index contributed by atoms with van der Waals surface area (Å²) in [4.78, 5) is 34.3. The van der Waals surface area contributed by atoms with Crippen LogP contribution in [-0.2, 0) is 14.3 Å². The molecule has 0 aliphatic heterocycles. The van der Waals surface area contributed by atoms with Gasteiger partial charge in [-0.2, -0.15) is 0 Å². The number of esters is 1. The number of carbonyl (C=O) groups excluding carboxylic acids is 2. The van der Waals surface area contributed by atoms with Crippen molar-refractivity contribution < 1.29 is 23.7 Å². The number of nitrogens with one attached hydrogen (secondary N) is 1. The van der Waals surface area contributed by atoms with Crippen LogP contribution in [0.4, 0.5) is 11.6 Å². The molecule has 8 heteroatoms. The van der Waals surface area contributed by atoms with Crippen molar-refractivity contribution in [2.24, 2.45) is 0 Å². The minimum Gasteiger partial charge on any atom is -0.449 e. The van der Waals surface area contributed by atoms with E-state index in [4.69, 9.17) is 9.15 Å². The molecule has 2 aromatic carbocycles. The summed E-state index contributed by atoms with van der Waals surface area (Å²) in [5.41, 5.74) is 2.37. The molecule has 1 atom stereocenters. The minimum atomic E-state index is -1.06. The highest BCUT2D eigenvalue weighted by atomic mass is 16.6. The number of nitro groups is 1. The quantitative estimate of drug-likeness (QED) is 0.269.